The van der Waals surface area contributed by atoms with Gasteiger partial charge in [-0.3, -0.25) is 0 Å². The molecule has 108 valence electrons. The van der Waals surface area contributed by atoms with E-state index >= 15 is 0 Å². The molecule has 0 bridgehead atoms. The van der Waals surface area contributed by atoms with Crippen LogP contribution in [0.15, 0.2) is 24.3 Å². The lowest BCUT2D eigenvalue weighted by Crippen LogP contribution is -2.15. The van der Waals surface area contributed by atoms with Crippen molar-refractivity contribution in [2.24, 2.45) is 0 Å². The van der Waals surface area contributed by atoms with Gasteiger partial charge < -0.3 is 14.8 Å². The van der Waals surface area contributed by atoms with Crippen molar-refractivity contribution in [1.82, 2.24) is 5.32 Å². The summed E-state index contributed by atoms with van der Waals surface area (Å²) in [5.74, 6) is 0.911. The van der Waals surface area contributed by atoms with Gasteiger partial charge in [0.1, 0.15) is 12.4 Å². The second-order valence-electron chi connectivity index (χ2n) is 4.63. The smallest absolute Gasteiger partial charge is 0.119 e. The zero-order valence-corrected chi connectivity index (χ0v) is 12.4. The van der Waals surface area contributed by atoms with E-state index < -0.39 is 0 Å². The molecule has 1 aromatic carbocycles. The monoisotopic (exact) mass is 265 g/mol. The molecule has 0 spiro atoms. The molecule has 1 N–H and O–H groups in total. The lowest BCUT2D eigenvalue weighted by molar-refractivity contribution is 0.0980. The van der Waals surface area contributed by atoms with Gasteiger partial charge in [-0.05, 0) is 37.6 Å². The van der Waals surface area contributed by atoms with Gasteiger partial charge in [0.05, 0.1) is 6.61 Å². The van der Waals surface area contributed by atoms with Crippen LogP contribution in [-0.4, -0.2) is 26.9 Å². The van der Waals surface area contributed by atoms with E-state index in [-0.39, 0.29) is 0 Å². The molecule has 0 heterocycles. The first kappa shape index (κ1) is 16.0. The largest absolute Gasteiger partial charge is 0.491 e. The number of rotatable bonds is 10. The molecule has 1 unspecified atom stereocenters. The SMILES string of the molecule is CCCCOCCOc1ccc(C(CC)NC)cc1. The molecule has 3 heteroatoms. The fraction of sp³-hybridized carbons (Fsp3) is 0.625. The summed E-state index contributed by atoms with van der Waals surface area (Å²) in [6.07, 6.45) is 3.38. The summed E-state index contributed by atoms with van der Waals surface area (Å²) in [6.45, 7) is 6.46. The Morgan fingerprint density at radius 2 is 1.79 bits per heavy atom. The van der Waals surface area contributed by atoms with Crippen molar-refractivity contribution >= 4 is 0 Å². The normalized spacial score (nSPS) is 12.4. The molecular weight excluding hydrogens is 238 g/mol. The van der Waals surface area contributed by atoms with Crippen LogP contribution in [0.2, 0.25) is 0 Å². The van der Waals surface area contributed by atoms with E-state index in [1.54, 1.807) is 0 Å². The lowest BCUT2D eigenvalue weighted by Gasteiger charge is -2.14. The average Bonchev–Trinajstić information content (AvgIpc) is 2.45. The van der Waals surface area contributed by atoms with E-state index in [9.17, 15) is 0 Å². The Labute approximate surface area is 117 Å². The highest BCUT2D eigenvalue weighted by Crippen LogP contribution is 2.19. The molecule has 1 aromatic rings. The van der Waals surface area contributed by atoms with E-state index in [1.807, 2.05) is 19.2 Å². The van der Waals surface area contributed by atoms with Crippen LogP contribution in [0.1, 0.15) is 44.7 Å². The minimum absolute atomic E-state index is 0.423. The van der Waals surface area contributed by atoms with Crippen molar-refractivity contribution < 1.29 is 9.47 Å². The van der Waals surface area contributed by atoms with Crippen LogP contribution in [0, 0.1) is 0 Å². The van der Waals surface area contributed by atoms with Crippen molar-refractivity contribution in [2.75, 3.05) is 26.9 Å². The third-order valence-electron chi connectivity index (χ3n) is 3.18. The van der Waals surface area contributed by atoms with Gasteiger partial charge in [-0.2, -0.15) is 0 Å². The van der Waals surface area contributed by atoms with E-state index in [4.69, 9.17) is 9.47 Å². The van der Waals surface area contributed by atoms with E-state index in [1.165, 1.54) is 12.0 Å². The number of unbranched alkanes of at least 4 members (excludes halogenated alkanes) is 1. The van der Waals surface area contributed by atoms with Crippen LogP contribution in [0.25, 0.3) is 0 Å². The Kier molecular flexibility index (Phi) is 8.26. The summed E-state index contributed by atoms with van der Waals surface area (Å²) in [5, 5.41) is 3.30. The highest BCUT2D eigenvalue weighted by atomic mass is 16.5. The van der Waals surface area contributed by atoms with Crippen molar-refractivity contribution in [3.63, 3.8) is 0 Å². The Balaban J connectivity index is 2.28. The molecule has 0 radical (unpaired) electrons. The van der Waals surface area contributed by atoms with Crippen LogP contribution in [0.3, 0.4) is 0 Å². The van der Waals surface area contributed by atoms with Crippen molar-refractivity contribution in [3.05, 3.63) is 29.8 Å². The molecule has 1 rings (SSSR count). The van der Waals surface area contributed by atoms with Gasteiger partial charge in [0.2, 0.25) is 0 Å². The summed E-state index contributed by atoms with van der Waals surface area (Å²) in [7, 11) is 1.99. The second kappa shape index (κ2) is 9.82. The molecule has 0 saturated heterocycles. The summed E-state index contributed by atoms with van der Waals surface area (Å²) < 4.78 is 11.1. The minimum atomic E-state index is 0.423. The van der Waals surface area contributed by atoms with Gasteiger partial charge in [0, 0.05) is 12.6 Å². The zero-order chi connectivity index (χ0) is 13.9. The summed E-state index contributed by atoms with van der Waals surface area (Å²) in [6, 6.07) is 8.73. The third-order valence-corrected chi connectivity index (χ3v) is 3.18. The first-order chi connectivity index (χ1) is 9.31. The van der Waals surface area contributed by atoms with Gasteiger partial charge in [-0.25, -0.2) is 0 Å². The highest BCUT2D eigenvalue weighted by Gasteiger charge is 2.05. The predicted molar refractivity (Wildman–Crippen MR) is 79.8 cm³/mol. The van der Waals surface area contributed by atoms with Gasteiger partial charge in [-0.15, -0.1) is 0 Å². The maximum absolute atomic E-state index is 5.64. The van der Waals surface area contributed by atoms with Gasteiger partial charge in [0.25, 0.3) is 0 Å². The van der Waals surface area contributed by atoms with Crippen molar-refractivity contribution in [1.29, 1.82) is 0 Å². The Morgan fingerprint density at radius 3 is 2.37 bits per heavy atom. The number of ether oxygens (including phenoxy) is 2. The Hall–Kier alpha value is -1.06. The maximum Gasteiger partial charge on any atom is 0.119 e. The fourth-order valence-corrected chi connectivity index (χ4v) is 1.97. The molecule has 0 aromatic heterocycles. The summed E-state index contributed by atoms with van der Waals surface area (Å²) in [4.78, 5) is 0. The highest BCUT2D eigenvalue weighted by molar-refractivity contribution is 5.29. The molecule has 3 nitrogen and oxygen atoms in total. The average molecular weight is 265 g/mol. The molecule has 0 aliphatic carbocycles. The summed E-state index contributed by atoms with van der Waals surface area (Å²) >= 11 is 0. The standard InChI is InChI=1S/C16H27NO2/c1-4-6-11-18-12-13-19-15-9-7-14(8-10-15)16(5-2)17-3/h7-10,16-17H,4-6,11-13H2,1-3H3. The van der Waals surface area contributed by atoms with Crippen LogP contribution in [0.4, 0.5) is 0 Å². The fourth-order valence-electron chi connectivity index (χ4n) is 1.97. The third kappa shape index (κ3) is 6.08. The van der Waals surface area contributed by atoms with Gasteiger partial charge >= 0.3 is 0 Å². The van der Waals surface area contributed by atoms with E-state index in [0.29, 0.717) is 19.3 Å². The first-order valence-corrected chi connectivity index (χ1v) is 7.29. The van der Waals surface area contributed by atoms with Crippen LogP contribution < -0.4 is 10.1 Å². The topological polar surface area (TPSA) is 30.5 Å². The zero-order valence-electron chi connectivity index (χ0n) is 12.4. The number of nitrogens with one attached hydrogen (secondary N) is 1. The molecular formula is C16H27NO2. The molecule has 0 amide bonds. The Morgan fingerprint density at radius 1 is 1.05 bits per heavy atom. The van der Waals surface area contributed by atoms with Gasteiger partial charge in [0.15, 0.2) is 0 Å². The van der Waals surface area contributed by atoms with Crippen molar-refractivity contribution in [2.45, 2.75) is 39.2 Å². The number of benzene rings is 1. The van der Waals surface area contributed by atoms with Crippen LogP contribution in [-0.2, 0) is 4.74 Å². The minimum Gasteiger partial charge on any atom is -0.491 e. The van der Waals surface area contributed by atoms with Crippen LogP contribution in [0.5, 0.6) is 5.75 Å². The Bertz CT molecular complexity index is 320. The second-order valence-corrected chi connectivity index (χ2v) is 4.63. The number of hydrogen-bond donors (Lipinski definition) is 1. The molecule has 1 atom stereocenters. The quantitative estimate of drug-likeness (QED) is 0.656. The molecule has 0 fully saturated rings. The number of hydrogen-bond acceptors (Lipinski definition) is 3. The molecule has 0 aliphatic rings. The summed E-state index contributed by atoms with van der Waals surface area (Å²) in [5.41, 5.74) is 1.30. The van der Waals surface area contributed by atoms with E-state index in [2.05, 4.69) is 31.3 Å². The van der Waals surface area contributed by atoms with Crippen molar-refractivity contribution in [3.8, 4) is 5.75 Å². The molecule has 19 heavy (non-hydrogen) atoms. The van der Waals surface area contributed by atoms with Crippen LogP contribution >= 0.6 is 0 Å². The predicted octanol–water partition coefficient (Wildman–Crippen LogP) is 3.55. The van der Waals surface area contributed by atoms with Gasteiger partial charge in [-0.1, -0.05) is 32.4 Å². The van der Waals surface area contributed by atoms with E-state index in [0.717, 1.165) is 25.2 Å². The molecule has 0 aliphatic heterocycles. The lowest BCUT2D eigenvalue weighted by atomic mass is 10.1. The maximum atomic E-state index is 5.64. The first-order valence-electron chi connectivity index (χ1n) is 7.29. The molecule has 0 saturated carbocycles.